The molecule has 0 spiro atoms. The fourth-order valence-electron chi connectivity index (χ4n) is 2.18. The van der Waals surface area contributed by atoms with Gasteiger partial charge in [-0.1, -0.05) is 0 Å². The van der Waals surface area contributed by atoms with Crippen LogP contribution in [0.2, 0.25) is 0 Å². The van der Waals surface area contributed by atoms with Crippen molar-refractivity contribution in [3.63, 3.8) is 0 Å². The molecule has 1 aliphatic heterocycles. The van der Waals surface area contributed by atoms with Crippen LogP contribution in [0.1, 0.15) is 22.8 Å². The van der Waals surface area contributed by atoms with Gasteiger partial charge in [0.15, 0.2) is 6.29 Å². The molecule has 104 valence electrons. The summed E-state index contributed by atoms with van der Waals surface area (Å²) >= 11 is 0. The standard InChI is InChI=1S/C13H14F3NO2/c1-9-8-19-5-4-17(9)11-3-2-10(7-18)12(6-11)13(14,15)16/h2-3,6-7,9H,4-5,8H2,1H3. The van der Waals surface area contributed by atoms with Gasteiger partial charge in [0, 0.05) is 23.8 Å². The van der Waals surface area contributed by atoms with E-state index >= 15 is 0 Å². The molecular formula is C13H14F3NO2. The Kier molecular flexibility index (Phi) is 3.80. The van der Waals surface area contributed by atoms with E-state index < -0.39 is 11.7 Å². The number of halogens is 3. The highest BCUT2D eigenvalue weighted by atomic mass is 19.4. The molecule has 2 rings (SSSR count). The molecule has 19 heavy (non-hydrogen) atoms. The van der Waals surface area contributed by atoms with Crippen LogP contribution >= 0.6 is 0 Å². The van der Waals surface area contributed by atoms with Crippen LogP contribution in [0.25, 0.3) is 0 Å². The van der Waals surface area contributed by atoms with Crippen molar-refractivity contribution in [1.82, 2.24) is 0 Å². The quantitative estimate of drug-likeness (QED) is 0.776. The Morgan fingerprint density at radius 1 is 1.42 bits per heavy atom. The van der Waals surface area contributed by atoms with Crippen LogP contribution in [0.4, 0.5) is 18.9 Å². The molecule has 0 bridgehead atoms. The monoisotopic (exact) mass is 273 g/mol. The number of aldehydes is 1. The average Bonchev–Trinajstić information content (AvgIpc) is 2.37. The minimum Gasteiger partial charge on any atom is -0.377 e. The second-order valence-electron chi connectivity index (χ2n) is 4.50. The summed E-state index contributed by atoms with van der Waals surface area (Å²) < 4.78 is 43.9. The molecule has 1 unspecified atom stereocenters. The third kappa shape index (κ3) is 2.89. The van der Waals surface area contributed by atoms with E-state index in [0.29, 0.717) is 25.4 Å². The van der Waals surface area contributed by atoms with Crippen LogP contribution in [0.3, 0.4) is 0 Å². The minimum absolute atomic E-state index is 0.0110. The van der Waals surface area contributed by atoms with E-state index in [0.717, 1.165) is 6.07 Å². The predicted octanol–water partition coefficient (Wildman–Crippen LogP) is 2.74. The highest BCUT2D eigenvalue weighted by Crippen LogP contribution is 2.34. The number of alkyl halides is 3. The molecule has 0 amide bonds. The molecule has 1 aromatic carbocycles. The van der Waals surface area contributed by atoms with E-state index in [1.807, 2.05) is 11.8 Å². The van der Waals surface area contributed by atoms with Crippen molar-refractivity contribution >= 4 is 12.0 Å². The van der Waals surface area contributed by atoms with Gasteiger partial charge >= 0.3 is 6.18 Å². The highest BCUT2D eigenvalue weighted by molar-refractivity contribution is 5.79. The summed E-state index contributed by atoms with van der Waals surface area (Å²) in [6.07, 6.45) is -4.29. The van der Waals surface area contributed by atoms with Crippen LogP contribution in [-0.4, -0.2) is 32.1 Å². The van der Waals surface area contributed by atoms with Crippen molar-refractivity contribution in [2.75, 3.05) is 24.7 Å². The lowest BCUT2D eigenvalue weighted by Crippen LogP contribution is -2.43. The third-order valence-electron chi connectivity index (χ3n) is 3.17. The fraction of sp³-hybridized carbons (Fsp3) is 0.462. The van der Waals surface area contributed by atoms with Crippen molar-refractivity contribution in [1.29, 1.82) is 0 Å². The van der Waals surface area contributed by atoms with Gasteiger partial charge in [0.05, 0.1) is 18.8 Å². The van der Waals surface area contributed by atoms with E-state index in [-0.39, 0.29) is 17.9 Å². The zero-order valence-corrected chi connectivity index (χ0v) is 10.4. The Morgan fingerprint density at radius 2 is 2.16 bits per heavy atom. The topological polar surface area (TPSA) is 29.5 Å². The molecule has 1 atom stereocenters. The lowest BCUT2D eigenvalue weighted by atomic mass is 10.1. The molecule has 0 aromatic heterocycles. The van der Waals surface area contributed by atoms with Crippen molar-refractivity contribution in [2.24, 2.45) is 0 Å². The number of hydrogen-bond donors (Lipinski definition) is 0. The van der Waals surface area contributed by atoms with Crippen LogP contribution in [-0.2, 0) is 10.9 Å². The Labute approximate surface area is 109 Å². The number of rotatable bonds is 2. The normalized spacial score (nSPS) is 20.4. The SMILES string of the molecule is CC1COCCN1c1ccc(C=O)c(C(F)(F)F)c1. The first-order valence-corrected chi connectivity index (χ1v) is 5.94. The molecule has 1 saturated heterocycles. The van der Waals surface area contributed by atoms with E-state index in [4.69, 9.17) is 4.74 Å². The van der Waals surface area contributed by atoms with Gasteiger partial charge in [-0.3, -0.25) is 4.79 Å². The van der Waals surface area contributed by atoms with Gasteiger partial charge in [0.2, 0.25) is 0 Å². The second-order valence-corrected chi connectivity index (χ2v) is 4.50. The minimum atomic E-state index is -4.53. The van der Waals surface area contributed by atoms with Crippen LogP contribution in [0.15, 0.2) is 18.2 Å². The molecule has 0 N–H and O–H groups in total. The van der Waals surface area contributed by atoms with Crippen LogP contribution in [0, 0.1) is 0 Å². The Hall–Kier alpha value is -1.56. The first-order chi connectivity index (χ1) is 8.93. The summed E-state index contributed by atoms with van der Waals surface area (Å²) in [6.45, 7) is 3.40. The Balaban J connectivity index is 2.40. The molecule has 1 aliphatic rings. The van der Waals surface area contributed by atoms with Gasteiger partial charge in [-0.25, -0.2) is 0 Å². The number of anilines is 1. The van der Waals surface area contributed by atoms with Crippen molar-refractivity contribution in [3.8, 4) is 0 Å². The van der Waals surface area contributed by atoms with Gasteiger partial charge in [0.25, 0.3) is 0 Å². The zero-order valence-electron chi connectivity index (χ0n) is 10.4. The average molecular weight is 273 g/mol. The smallest absolute Gasteiger partial charge is 0.377 e. The maximum atomic E-state index is 12.9. The van der Waals surface area contributed by atoms with Gasteiger partial charge in [-0.05, 0) is 25.1 Å². The maximum Gasteiger partial charge on any atom is 0.417 e. The first kappa shape index (κ1) is 13.9. The number of benzene rings is 1. The van der Waals surface area contributed by atoms with E-state index in [9.17, 15) is 18.0 Å². The van der Waals surface area contributed by atoms with Crippen molar-refractivity contribution < 1.29 is 22.7 Å². The molecule has 6 heteroatoms. The maximum absolute atomic E-state index is 12.9. The molecule has 0 aliphatic carbocycles. The predicted molar refractivity (Wildman–Crippen MR) is 64.5 cm³/mol. The highest BCUT2D eigenvalue weighted by Gasteiger charge is 2.34. The van der Waals surface area contributed by atoms with E-state index in [1.165, 1.54) is 6.07 Å². The number of morpholine rings is 1. The molecule has 1 heterocycles. The summed E-state index contributed by atoms with van der Waals surface area (Å²) in [5.74, 6) is 0. The first-order valence-electron chi connectivity index (χ1n) is 5.94. The molecule has 1 aromatic rings. The fourth-order valence-corrected chi connectivity index (χ4v) is 2.18. The van der Waals surface area contributed by atoms with E-state index in [1.54, 1.807) is 6.07 Å². The molecule has 1 fully saturated rings. The molecule has 3 nitrogen and oxygen atoms in total. The van der Waals surface area contributed by atoms with Crippen molar-refractivity contribution in [2.45, 2.75) is 19.1 Å². The summed E-state index contributed by atoms with van der Waals surface area (Å²) in [5.41, 5.74) is -0.760. The number of carbonyl (C=O) groups is 1. The summed E-state index contributed by atoms with van der Waals surface area (Å²) in [5, 5.41) is 0. The van der Waals surface area contributed by atoms with Crippen LogP contribution in [0.5, 0.6) is 0 Å². The van der Waals surface area contributed by atoms with Gasteiger partial charge in [-0.15, -0.1) is 0 Å². The summed E-state index contributed by atoms with van der Waals surface area (Å²) in [6, 6.07) is 3.80. The number of hydrogen-bond acceptors (Lipinski definition) is 3. The Bertz CT molecular complexity index is 473. The number of ether oxygens (including phenoxy) is 1. The van der Waals surface area contributed by atoms with E-state index in [2.05, 4.69) is 0 Å². The molecule has 0 radical (unpaired) electrons. The van der Waals surface area contributed by atoms with Gasteiger partial charge in [-0.2, -0.15) is 13.2 Å². The second kappa shape index (κ2) is 5.21. The zero-order chi connectivity index (χ0) is 14.0. The van der Waals surface area contributed by atoms with Crippen molar-refractivity contribution in [3.05, 3.63) is 29.3 Å². The largest absolute Gasteiger partial charge is 0.417 e. The summed E-state index contributed by atoms with van der Waals surface area (Å²) in [7, 11) is 0. The number of carbonyl (C=O) groups excluding carboxylic acids is 1. The molecular weight excluding hydrogens is 259 g/mol. The Morgan fingerprint density at radius 3 is 2.74 bits per heavy atom. The molecule has 0 saturated carbocycles. The lowest BCUT2D eigenvalue weighted by molar-refractivity contribution is -0.137. The summed E-state index contributed by atoms with van der Waals surface area (Å²) in [4.78, 5) is 12.5. The van der Waals surface area contributed by atoms with Gasteiger partial charge in [0.1, 0.15) is 0 Å². The van der Waals surface area contributed by atoms with Crippen LogP contribution < -0.4 is 4.90 Å². The van der Waals surface area contributed by atoms with Gasteiger partial charge < -0.3 is 9.64 Å². The number of nitrogens with zero attached hydrogens (tertiary/aromatic N) is 1. The lowest BCUT2D eigenvalue weighted by Gasteiger charge is -2.35. The third-order valence-corrected chi connectivity index (χ3v) is 3.17.